The summed E-state index contributed by atoms with van der Waals surface area (Å²) in [4.78, 5) is 11.2. The van der Waals surface area contributed by atoms with E-state index < -0.39 is 6.04 Å². The zero-order valence-corrected chi connectivity index (χ0v) is 18.3. The quantitative estimate of drug-likeness (QED) is 0.376. The van der Waals surface area contributed by atoms with Gasteiger partial charge in [0.25, 0.3) is 0 Å². The number of likely N-dealkylation sites (tertiary alicyclic amines) is 1. The van der Waals surface area contributed by atoms with E-state index >= 15 is 0 Å². The number of hydrogen-bond acceptors (Lipinski definition) is 11. The van der Waals surface area contributed by atoms with E-state index in [0.717, 1.165) is 25.2 Å². The van der Waals surface area contributed by atoms with Gasteiger partial charge in [0, 0.05) is 12.1 Å². The van der Waals surface area contributed by atoms with E-state index in [2.05, 4.69) is 25.5 Å². The highest BCUT2D eigenvalue weighted by Crippen LogP contribution is 2.42. The normalized spacial score (nSPS) is 17.2. The summed E-state index contributed by atoms with van der Waals surface area (Å²) < 4.78 is 11.5. The second-order valence-corrected chi connectivity index (χ2v) is 7.71. The largest absolute Gasteiger partial charge is 0.493 e. The SMILES string of the molecule is COc1cc(C2N=C(NC#N)Nc3nc(N)c(C#N)c(N)c32)ccc1OCCN1CCCC1. The Balaban J connectivity index is 1.67. The highest BCUT2D eigenvalue weighted by Gasteiger charge is 2.30. The molecule has 11 heteroatoms. The standard InChI is InChI=1S/C22H25N9O2/c1-32-16-10-13(4-5-15(16)33-9-8-31-6-2-3-7-31)19-17-18(25)14(11-23)20(26)29-21(17)30-22(28-19)27-12-24/h4-5,10,19H,2-3,6-9H2,1H3,(H6,25,26,27,28,29,30). The van der Waals surface area contributed by atoms with Crippen molar-refractivity contribution in [3.8, 4) is 23.8 Å². The molecule has 0 saturated carbocycles. The number of pyridine rings is 1. The lowest BCUT2D eigenvalue weighted by Crippen LogP contribution is -2.32. The highest BCUT2D eigenvalue weighted by molar-refractivity contribution is 5.98. The number of nitrogens with one attached hydrogen (secondary N) is 2. The second kappa shape index (κ2) is 9.51. The molecule has 0 radical (unpaired) electrons. The summed E-state index contributed by atoms with van der Waals surface area (Å²) in [6.07, 6.45) is 4.30. The maximum atomic E-state index is 9.47. The van der Waals surface area contributed by atoms with E-state index in [0.29, 0.717) is 29.5 Å². The van der Waals surface area contributed by atoms with Crippen molar-refractivity contribution in [2.45, 2.75) is 18.9 Å². The van der Waals surface area contributed by atoms with Crippen molar-refractivity contribution in [2.24, 2.45) is 4.99 Å². The van der Waals surface area contributed by atoms with Crippen molar-refractivity contribution in [2.75, 3.05) is 50.1 Å². The van der Waals surface area contributed by atoms with E-state index in [1.165, 1.54) is 12.8 Å². The molecular formula is C22H25N9O2. The molecule has 170 valence electrons. The van der Waals surface area contributed by atoms with Gasteiger partial charge in [-0.15, -0.1) is 0 Å². The molecular weight excluding hydrogens is 422 g/mol. The number of methoxy groups -OCH3 is 1. The van der Waals surface area contributed by atoms with Crippen molar-refractivity contribution in [3.05, 3.63) is 34.9 Å². The molecule has 2 aromatic rings. The number of ether oxygens (including phenoxy) is 2. The van der Waals surface area contributed by atoms with Crippen molar-refractivity contribution < 1.29 is 9.47 Å². The maximum Gasteiger partial charge on any atom is 0.211 e. The Morgan fingerprint density at radius 2 is 2.03 bits per heavy atom. The number of rotatable bonds is 6. The second-order valence-electron chi connectivity index (χ2n) is 7.71. The molecule has 11 nitrogen and oxygen atoms in total. The number of nitrogens with two attached hydrogens (primary N) is 2. The number of aromatic nitrogens is 1. The lowest BCUT2D eigenvalue weighted by atomic mass is 9.95. The number of fused-ring (bicyclic) bond motifs is 1. The minimum atomic E-state index is -0.648. The van der Waals surface area contributed by atoms with Crippen LogP contribution in [0.15, 0.2) is 23.2 Å². The molecule has 6 N–H and O–H groups in total. The van der Waals surface area contributed by atoms with Gasteiger partial charge in [0.2, 0.25) is 5.96 Å². The third-order valence-electron chi connectivity index (χ3n) is 5.72. The molecule has 0 spiro atoms. The van der Waals surface area contributed by atoms with E-state index in [1.54, 1.807) is 13.2 Å². The lowest BCUT2D eigenvalue weighted by Gasteiger charge is -2.26. The van der Waals surface area contributed by atoms with E-state index in [9.17, 15) is 5.26 Å². The number of guanidine groups is 1. The predicted octanol–water partition coefficient (Wildman–Crippen LogP) is 1.54. The molecule has 3 heterocycles. The van der Waals surface area contributed by atoms with Gasteiger partial charge < -0.3 is 26.3 Å². The van der Waals surface area contributed by atoms with Crippen LogP contribution >= 0.6 is 0 Å². The molecule has 4 rings (SSSR count). The summed E-state index contributed by atoms with van der Waals surface area (Å²) in [5, 5.41) is 23.9. The fraction of sp³-hybridized carbons (Fsp3) is 0.364. The zero-order chi connectivity index (χ0) is 23.4. The fourth-order valence-electron chi connectivity index (χ4n) is 4.09. The highest BCUT2D eigenvalue weighted by atomic mass is 16.5. The molecule has 2 aliphatic heterocycles. The molecule has 2 aliphatic rings. The first-order valence-electron chi connectivity index (χ1n) is 10.6. The molecule has 1 aromatic carbocycles. The molecule has 1 aromatic heterocycles. The van der Waals surface area contributed by atoms with Crippen molar-refractivity contribution in [3.63, 3.8) is 0 Å². The van der Waals surface area contributed by atoms with Crippen LogP contribution in [0, 0.1) is 22.8 Å². The lowest BCUT2D eigenvalue weighted by molar-refractivity contribution is 0.230. The number of hydrogen-bond donors (Lipinski definition) is 4. The Hall–Kier alpha value is -4.22. The van der Waals surface area contributed by atoms with Crippen molar-refractivity contribution >= 4 is 23.3 Å². The molecule has 1 fully saturated rings. The maximum absolute atomic E-state index is 9.47. The number of anilines is 3. The Bertz CT molecular complexity index is 1160. The van der Waals surface area contributed by atoms with Crippen LogP contribution in [0.2, 0.25) is 0 Å². The minimum Gasteiger partial charge on any atom is -0.493 e. The van der Waals surface area contributed by atoms with Crippen LogP contribution in [0.5, 0.6) is 11.5 Å². The molecule has 0 amide bonds. The number of nitrogens with zero attached hydrogens (tertiary/aromatic N) is 5. The fourth-order valence-corrected chi connectivity index (χ4v) is 4.09. The molecule has 33 heavy (non-hydrogen) atoms. The van der Waals surface area contributed by atoms with Crippen molar-refractivity contribution in [1.82, 2.24) is 15.2 Å². The van der Waals surface area contributed by atoms with Crippen LogP contribution in [0.25, 0.3) is 0 Å². The van der Waals surface area contributed by atoms with E-state index in [-0.39, 0.29) is 23.0 Å². The summed E-state index contributed by atoms with van der Waals surface area (Å²) in [5.41, 5.74) is 13.7. The van der Waals surface area contributed by atoms with Gasteiger partial charge in [-0.3, -0.25) is 10.2 Å². The Kier molecular flexibility index (Phi) is 6.33. The molecule has 1 unspecified atom stereocenters. The monoisotopic (exact) mass is 447 g/mol. The molecule has 0 bridgehead atoms. The Morgan fingerprint density at radius 3 is 2.73 bits per heavy atom. The summed E-state index contributed by atoms with van der Waals surface area (Å²) in [7, 11) is 1.57. The topological polar surface area (TPSA) is 171 Å². The first-order valence-corrected chi connectivity index (χ1v) is 10.6. The molecule has 1 saturated heterocycles. The van der Waals surface area contributed by atoms with Crippen LogP contribution < -0.4 is 31.6 Å². The number of nitrogen functional groups attached to an aromatic ring is 2. The number of aliphatic imine (C=N–C) groups is 1. The van der Waals surface area contributed by atoms with Gasteiger partial charge in [-0.25, -0.2) is 9.98 Å². The Morgan fingerprint density at radius 1 is 1.24 bits per heavy atom. The van der Waals surface area contributed by atoms with Crippen LogP contribution in [-0.2, 0) is 0 Å². The van der Waals surface area contributed by atoms with Crippen molar-refractivity contribution in [1.29, 1.82) is 10.5 Å². The predicted molar refractivity (Wildman–Crippen MR) is 124 cm³/mol. The van der Waals surface area contributed by atoms with Crippen LogP contribution in [0.4, 0.5) is 17.3 Å². The zero-order valence-electron chi connectivity index (χ0n) is 18.3. The van der Waals surface area contributed by atoms with Gasteiger partial charge in [-0.1, -0.05) is 6.07 Å². The van der Waals surface area contributed by atoms with E-state index in [1.807, 2.05) is 24.4 Å². The molecule has 0 aliphatic carbocycles. The Labute approximate surface area is 191 Å². The minimum absolute atomic E-state index is 0.00228. The van der Waals surface area contributed by atoms with Gasteiger partial charge in [0.1, 0.15) is 35.9 Å². The summed E-state index contributed by atoms with van der Waals surface area (Å²) in [6.45, 7) is 3.63. The molecule has 1 atom stereocenters. The smallest absolute Gasteiger partial charge is 0.211 e. The summed E-state index contributed by atoms with van der Waals surface area (Å²) in [5.74, 6) is 1.68. The van der Waals surface area contributed by atoms with Gasteiger partial charge >= 0.3 is 0 Å². The average molecular weight is 448 g/mol. The van der Waals surface area contributed by atoms with Crippen LogP contribution in [0.1, 0.15) is 35.6 Å². The van der Waals surface area contributed by atoms with E-state index in [4.69, 9.17) is 26.2 Å². The van der Waals surface area contributed by atoms with Gasteiger partial charge in [-0.05, 0) is 43.6 Å². The first-order chi connectivity index (χ1) is 16.0. The summed E-state index contributed by atoms with van der Waals surface area (Å²) in [6, 6.07) is 6.82. The van der Waals surface area contributed by atoms with Gasteiger partial charge in [0.15, 0.2) is 17.7 Å². The average Bonchev–Trinajstić information content (AvgIpc) is 3.32. The third-order valence-corrected chi connectivity index (χ3v) is 5.72. The number of benzene rings is 1. The third kappa shape index (κ3) is 4.40. The van der Waals surface area contributed by atoms with Gasteiger partial charge in [0.05, 0.1) is 12.8 Å². The van der Waals surface area contributed by atoms with Gasteiger partial charge in [-0.2, -0.15) is 10.5 Å². The summed E-state index contributed by atoms with van der Waals surface area (Å²) >= 11 is 0. The number of nitriles is 2. The van der Waals surface area contributed by atoms with Crippen LogP contribution in [0.3, 0.4) is 0 Å². The van der Waals surface area contributed by atoms with Crippen LogP contribution in [-0.4, -0.2) is 49.2 Å². The first kappa shape index (κ1) is 22.0.